The lowest BCUT2D eigenvalue weighted by Gasteiger charge is -2.17. The molecule has 0 fully saturated rings. The van der Waals surface area contributed by atoms with E-state index in [4.69, 9.17) is 11.6 Å². The molecule has 0 bridgehead atoms. The van der Waals surface area contributed by atoms with Gasteiger partial charge in [-0.1, -0.05) is 36.7 Å². The summed E-state index contributed by atoms with van der Waals surface area (Å²) >= 11 is 6.13. The van der Waals surface area contributed by atoms with Crippen LogP contribution in [0.25, 0.3) is 0 Å². The lowest BCUT2D eigenvalue weighted by atomic mass is 9.94. The molecule has 0 amide bonds. The predicted octanol–water partition coefficient (Wildman–Crippen LogP) is 3.44. The van der Waals surface area contributed by atoms with Crippen LogP contribution in [0.15, 0.2) is 24.3 Å². The summed E-state index contributed by atoms with van der Waals surface area (Å²) in [6.07, 6.45) is 1.11. The molecule has 0 aliphatic rings. The van der Waals surface area contributed by atoms with Gasteiger partial charge >= 0.3 is 0 Å². The highest BCUT2D eigenvalue weighted by atomic mass is 35.5. The van der Waals surface area contributed by atoms with Gasteiger partial charge < -0.3 is 5.32 Å². The quantitative estimate of drug-likeness (QED) is 0.805. The summed E-state index contributed by atoms with van der Waals surface area (Å²) in [5.41, 5.74) is 1.25. The monoisotopic (exact) mass is 211 g/mol. The van der Waals surface area contributed by atoms with Crippen LogP contribution in [0.1, 0.15) is 31.7 Å². The molecule has 1 aromatic carbocycles. The summed E-state index contributed by atoms with van der Waals surface area (Å²) in [7, 11) is 1.99. The smallest absolute Gasteiger partial charge is 0.0440 e. The van der Waals surface area contributed by atoms with Crippen LogP contribution < -0.4 is 5.32 Å². The molecular formula is C12H18ClN. The first kappa shape index (κ1) is 11.5. The maximum atomic E-state index is 6.13. The Labute approximate surface area is 91.5 Å². The lowest BCUT2D eigenvalue weighted by molar-refractivity contribution is 0.516. The average Bonchev–Trinajstić information content (AvgIpc) is 2.18. The van der Waals surface area contributed by atoms with Crippen LogP contribution in [0.2, 0.25) is 5.02 Å². The molecule has 0 aliphatic heterocycles. The standard InChI is InChI=1S/C12H18ClN/c1-9(8-10(2)14-3)11-6-4-5-7-12(11)13/h4-7,9-10,14H,8H2,1-3H3. The van der Waals surface area contributed by atoms with E-state index in [1.807, 2.05) is 25.2 Å². The fraction of sp³-hybridized carbons (Fsp3) is 0.500. The normalized spacial score (nSPS) is 15.1. The van der Waals surface area contributed by atoms with E-state index in [1.54, 1.807) is 0 Å². The van der Waals surface area contributed by atoms with Gasteiger partial charge in [0.1, 0.15) is 0 Å². The Hall–Kier alpha value is -0.530. The molecule has 14 heavy (non-hydrogen) atoms. The Bertz CT molecular complexity index is 285. The Morgan fingerprint density at radius 3 is 2.50 bits per heavy atom. The van der Waals surface area contributed by atoms with Crippen LogP contribution in [-0.4, -0.2) is 13.1 Å². The minimum atomic E-state index is 0.506. The van der Waals surface area contributed by atoms with Gasteiger partial charge in [-0.05, 0) is 37.9 Å². The van der Waals surface area contributed by atoms with Crippen LogP contribution in [0.3, 0.4) is 0 Å². The van der Waals surface area contributed by atoms with E-state index >= 15 is 0 Å². The third-order valence-corrected chi connectivity index (χ3v) is 2.98. The average molecular weight is 212 g/mol. The van der Waals surface area contributed by atoms with Gasteiger partial charge in [-0.15, -0.1) is 0 Å². The molecule has 0 saturated heterocycles. The second-order valence-electron chi connectivity index (χ2n) is 3.85. The Morgan fingerprint density at radius 2 is 1.93 bits per heavy atom. The lowest BCUT2D eigenvalue weighted by Crippen LogP contribution is -2.22. The molecule has 0 heterocycles. The number of hydrogen-bond donors (Lipinski definition) is 1. The van der Waals surface area contributed by atoms with Crippen molar-refractivity contribution in [3.63, 3.8) is 0 Å². The zero-order chi connectivity index (χ0) is 10.6. The first-order valence-electron chi connectivity index (χ1n) is 5.06. The van der Waals surface area contributed by atoms with E-state index in [0.29, 0.717) is 12.0 Å². The number of nitrogens with one attached hydrogen (secondary N) is 1. The van der Waals surface area contributed by atoms with E-state index in [-0.39, 0.29) is 0 Å². The van der Waals surface area contributed by atoms with Crippen molar-refractivity contribution in [3.05, 3.63) is 34.9 Å². The van der Waals surface area contributed by atoms with E-state index in [2.05, 4.69) is 25.2 Å². The van der Waals surface area contributed by atoms with Crippen LogP contribution >= 0.6 is 11.6 Å². The van der Waals surface area contributed by atoms with Gasteiger partial charge in [0.05, 0.1) is 0 Å². The molecule has 0 aliphatic carbocycles. The SMILES string of the molecule is CNC(C)CC(C)c1ccccc1Cl. The van der Waals surface area contributed by atoms with Crippen molar-refractivity contribution >= 4 is 11.6 Å². The molecule has 1 nitrogen and oxygen atoms in total. The third kappa shape index (κ3) is 3.00. The minimum Gasteiger partial charge on any atom is -0.317 e. The van der Waals surface area contributed by atoms with Crippen molar-refractivity contribution in [1.82, 2.24) is 5.32 Å². The summed E-state index contributed by atoms with van der Waals surface area (Å²) in [4.78, 5) is 0. The topological polar surface area (TPSA) is 12.0 Å². The molecule has 1 aromatic rings. The minimum absolute atomic E-state index is 0.506. The maximum Gasteiger partial charge on any atom is 0.0440 e. The van der Waals surface area contributed by atoms with Gasteiger partial charge in [0.15, 0.2) is 0 Å². The molecule has 2 unspecified atom stereocenters. The zero-order valence-electron chi connectivity index (χ0n) is 9.05. The van der Waals surface area contributed by atoms with Crippen molar-refractivity contribution in [1.29, 1.82) is 0 Å². The van der Waals surface area contributed by atoms with Crippen LogP contribution in [0.5, 0.6) is 0 Å². The molecule has 78 valence electrons. The van der Waals surface area contributed by atoms with Gasteiger partial charge in [-0.2, -0.15) is 0 Å². The number of benzene rings is 1. The van der Waals surface area contributed by atoms with Crippen molar-refractivity contribution in [3.8, 4) is 0 Å². The summed E-state index contributed by atoms with van der Waals surface area (Å²) < 4.78 is 0. The van der Waals surface area contributed by atoms with Gasteiger partial charge in [0.2, 0.25) is 0 Å². The van der Waals surface area contributed by atoms with E-state index < -0.39 is 0 Å². The zero-order valence-corrected chi connectivity index (χ0v) is 9.81. The van der Waals surface area contributed by atoms with E-state index in [9.17, 15) is 0 Å². The van der Waals surface area contributed by atoms with E-state index in [0.717, 1.165) is 11.4 Å². The number of rotatable bonds is 4. The first-order valence-corrected chi connectivity index (χ1v) is 5.44. The number of halogens is 1. The molecule has 0 aromatic heterocycles. The number of hydrogen-bond acceptors (Lipinski definition) is 1. The Kier molecular flexibility index (Phi) is 4.43. The summed E-state index contributed by atoms with van der Waals surface area (Å²) in [5.74, 6) is 0.506. The largest absolute Gasteiger partial charge is 0.317 e. The van der Waals surface area contributed by atoms with E-state index in [1.165, 1.54) is 5.56 Å². The van der Waals surface area contributed by atoms with Crippen LogP contribution in [0.4, 0.5) is 0 Å². The molecule has 0 radical (unpaired) electrons. The molecule has 0 spiro atoms. The Balaban J connectivity index is 2.69. The predicted molar refractivity (Wildman–Crippen MR) is 63.0 cm³/mol. The highest BCUT2D eigenvalue weighted by Gasteiger charge is 2.11. The molecular weight excluding hydrogens is 194 g/mol. The van der Waals surface area contributed by atoms with Gasteiger partial charge in [-0.3, -0.25) is 0 Å². The Morgan fingerprint density at radius 1 is 1.29 bits per heavy atom. The molecule has 2 atom stereocenters. The molecule has 1 rings (SSSR count). The summed E-state index contributed by atoms with van der Waals surface area (Å²) in [6.45, 7) is 4.41. The first-order chi connectivity index (χ1) is 6.65. The van der Waals surface area contributed by atoms with Crippen molar-refractivity contribution in [2.24, 2.45) is 0 Å². The maximum absolute atomic E-state index is 6.13. The highest BCUT2D eigenvalue weighted by molar-refractivity contribution is 6.31. The highest BCUT2D eigenvalue weighted by Crippen LogP contribution is 2.27. The third-order valence-electron chi connectivity index (χ3n) is 2.64. The van der Waals surface area contributed by atoms with Crippen LogP contribution in [0, 0.1) is 0 Å². The van der Waals surface area contributed by atoms with Gasteiger partial charge in [-0.25, -0.2) is 0 Å². The second-order valence-corrected chi connectivity index (χ2v) is 4.26. The molecule has 0 saturated carbocycles. The second kappa shape index (κ2) is 5.38. The summed E-state index contributed by atoms with van der Waals surface area (Å²) in [5, 5.41) is 4.12. The van der Waals surface area contributed by atoms with Crippen molar-refractivity contribution in [2.45, 2.75) is 32.2 Å². The fourth-order valence-electron chi connectivity index (χ4n) is 1.65. The van der Waals surface area contributed by atoms with Crippen molar-refractivity contribution < 1.29 is 0 Å². The summed E-state index contributed by atoms with van der Waals surface area (Å²) in [6, 6.07) is 8.61. The molecule has 2 heteroatoms. The molecule has 1 N–H and O–H groups in total. The van der Waals surface area contributed by atoms with Crippen molar-refractivity contribution in [2.75, 3.05) is 7.05 Å². The van der Waals surface area contributed by atoms with Crippen LogP contribution in [-0.2, 0) is 0 Å². The van der Waals surface area contributed by atoms with Gasteiger partial charge in [0, 0.05) is 11.1 Å². The van der Waals surface area contributed by atoms with Gasteiger partial charge in [0.25, 0.3) is 0 Å². The fourth-order valence-corrected chi connectivity index (χ4v) is 1.97.